The molecular formula is C16H28N2O3. The Balaban J connectivity index is 2.04. The van der Waals surface area contributed by atoms with Crippen LogP contribution in [0.3, 0.4) is 0 Å². The van der Waals surface area contributed by atoms with E-state index < -0.39 is 11.5 Å². The highest BCUT2D eigenvalue weighted by molar-refractivity contribution is 5.86. The second kappa shape index (κ2) is 6.24. The maximum atomic E-state index is 12.7. The van der Waals surface area contributed by atoms with Gasteiger partial charge in [-0.25, -0.2) is 9.59 Å². The molecule has 0 radical (unpaired) electrons. The van der Waals surface area contributed by atoms with Crippen molar-refractivity contribution in [3.8, 4) is 0 Å². The molecular weight excluding hydrogens is 268 g/mol. The molecule has 2 saturated heterocycles. The molecule has 1 N–H and O–H groups in total. The Morgan fingerprint density at radius 3 is 2.29 bits per heavy atom. The van der Waals surface area contributed by atoms with Crippen molar-refractivity contribution in [2.75, 3.05) is 19.6 Å². The van der Waals surface area contributed by atoms with Crippen LogP contribution in [0.1, 0.15) is 52.9 Å². The zero-order valence-corrected chi connectivity index (χ0v) is 13.5. The molecule has 0 spiro atoms. The van der Waals surface area contributed by atoms with Gasteiger partial charge in [0.25, 0.3) is 0 Å². The number of carboxylic acids is 1. The number of nitrogens with zero attached hydrogens (tertiary/aromatic N) is 2. The second-order valence-corrected chi connectivity index (χ2v) is 7.04. The predicted molar refractivity (Wildman–Crippen MR) is 81.1 cm³/mol. The number of carboxylic acid groups (broad SMARTS) is 1. The molecule has 2 aliphatic rings. The number of hydrogen-bond acceptors (Lipinski definition) is 2. The lowest BCUT2D eigenvalue weighted by Gasteiger charge is -2.45. The van der Waals surface area contributed by atoms with Crippen LogP contribution < -0.4 is 0 Å². The zero-order valence-electron chi connectivity index (χ0n) is 13.5. The number of aliphatic carboxylic acids is 1. The molecule has 0 bridgehead atoms. The van der Waals surface area contributed by atoms with Crippen LogP contribution in [0.5, 0.6) is 0 Å². The monoisotopic (exact) mass is 296 g/mol. The summed E-state index contributed by atoms with van der Waals surface area (Å²) in [5.41, 5.74) is -1.04. The summed E-state index contributed by atoms with van der Waals surface area (Å²) < 4.78 is 0. The standard InChI is InChI=1S/C16H28N2O3/c1-12(2)13-6-10-17(11-7-13)15(21)18-9-5-4-8-16(18,3)14(19)20/h12-13H,4-11H2,1-3H3,(H,19,20). The fraction of sp³-hybridized carbons (Fsp3) is 0.875. The average molecular weight is 296 g/mol. The van der Waals surface area contributed by atoms with Gasteiger partial charge in [-0.15, -0.1) is 0 Å². The van der Waals surface area contributed by atoms with Crippen molar-refractivity contribution in [3.63, 3.8) is 0 Å². The number of hydrogen-bond donors (Lipinski definition) is 1. The fourth-order valence-electron chi connectivity index (χ4n) is 3.58. The maximum absolute atomic E-state index is 12.7. The van der Waals surface area contributed by atoms with Crippen molar-refractivity contribution in [2.24, 2.45) is 11.8 Å². The topological polar surface area (TPSA) is 60.9 Å². The van der Waals surface area contributed by atoms with Gasteiger partial charge in [-0.2, -0.15) is 0 Å². The highest BCUT2D eigenvalue weighted by Crippen LogP contribution is 2.31. The third kappa shape index (κ3) is 3.16. The highest BCUT2D eigenvalue weighted by atomic mass is 16.4. The Morgan fingerprint density at radius 2 is 1.76 bits per heavy atom. The summed E-state index contributed by atoms with van der Waals surface area (Å²) in [5.74, 6) is 0.454. The Kier molecular flexibility index (Phi) is 4.79. The summed E-state index contributed by atoms with van der Waals surface area (Å²) in [6.45, 7) is 8.23. The molecule has 2 aliphatic heterocycles. The van der Waals surface area contributed by atoms with Crippen molar-refractivity contribution in [1.82, 2.24) is 9.80 Å². The number of rotatable bonds is 2. The van der Waals surface area contributed by atoms with Crippen LogP contribution in [0.15, 0.2) is 0 Å². The molecule has 5 nitrogen and oxygen atoms in total. The van der Waals surface area contributed by atoms with Crippen molar-refractivity contribution in [2.45, 2.75) is 58.4 Å². The van der Waals surface area contributed by atoms with Gasteiger partial charge in [-0.05, 0) is 50.9 Å². The smallest absolute Gasteiger partial charge is 0.329 e. The molecule has 120 valence electrons. The summed E-state index contributed by atoms with van der Waals surface area (Å²) in [5, 5.41) is 9.52. The molecule has 0 aromatic rings. The van der Waals surface area contributed by atoms with Gasteiger partial charge in [0, 0.05) is 19.6 Å². The van der Waals surface area contributed by atoms with Gasteiger partial charge in [0.2, 0.25) is 0 Å². The van der Waals surface area contributed by atoms with Gasteiger partial charge in [0.1, 0.15) is 5.54 Å². The van der Waals surface area contributed by atoms with E-state index in [0.29, 0.717) is 24.8 Å². The first kappa shape index (κ1) is 16.1. The van der Waals surface area contributed by atoms with E-state index in [4.69, 9.17) is 0 Å². The largest absolute Gasteiger partial charge is 0.480 e. The molecule has 0 aliphatic carbocycles. The molecule has 2 rings (SSSR count). The Labute approximate surface area is 127 Å². The predicted octanol–water partition coefficient (Wildman–Crippen LogP) is 2.80. The molecule has 0 aromatic carbocycles. The Morgan fingerprint density at radius 1 is 1.14 bits per heavy atom. The van der Waals surface area contributed by atoms with Crippen LogP contribution in [0.2, 0.25) is 0 Å². The van der Waals surface area contributed by atoms with Crippen molar-refractivity contribution in [3.05, 3.63) is 0 Å². The summed E-state index contributed by atoms with van der Waals surface area (Å²) in [6.07, 6.45) is 4.39. The second-order valence-electron chi connectivity index (χ2n) is 7.04. The van der Waals surface area contributed by atoms with Crippen LogP contribution in [0, 0.1) is 11.8 Å². The van der Waals surface area contributed by atoms with Crippen LogP contribution in [-0.2, 0) is 4.79 Å². The molecule has 1 atom stereocenters. The van der Waals surface area contributed by atoms with Gasteiger partial charge in [0.05, 0.1) is 0 Å². The minimum absolute atomic E-state index is 0.0817. The minimum atomic E-state index is -1.04. The quantitative estimate of drug-likeness (QED) is 0.852. The number of urea groups is 1. The first-order valence-corrected chi connectivity index (χ1v) is 8.16. The normalized spacial score (nSPS) is 28.0. The summed E-state index contributed by atoms with van der Waals surface area (Å²) in [7, 11) is 0. The molecule has 2 fully saturated rings. The first-order chi connectivity index (χ1) is 9.86. The summed E-state index contributed by atoms with van der Waals surface area (Å²) >= 11 is 0. The Bertz CT molecular complexity index is 402. The minimum Gasteiger partial charge on any atom is -0.480 e. The van der Waals surface area contributed by atoms with Crippen molar-refractivity contribution >= 4 is 12.0 Å². The third-order valence-electron chi connectivity index (χ3n) is 5.34. The zero-order chi connectivity index (χ0) is 15.6. The van der Waals surface area contributed by atoms with E-state index in [1.54, 1.807) is 11.8 Å². The number of likely N-dealkylation sites (tertiary alicyclic amines) is 2. The molecule has 2 heterocycles. The average Bonchev–Trinajstić information content (AvgIpc) is 2.47. The van der Waals surface area contributed by atoms with Gasteiger partial charge >= 0.3 is 12.0 Å². The number of carbonyl (C=O) groups excluding carboxylic acids is 1. The number of amides is 2. The Hall–Kier alpha value is -1.26. The molecule has 21 heavy (non-hydrogen) atoms. The number of piperidine rings is 2. The first-order valence-electron chi connectivity index (χ1n) is 8.16. The van der Waals surface area contributed by atoms with Crippen LogP contribution in [0.4, 0.5) is 4.79 Å². The van der Waals surface area contributed by atoms with E-state index in [9.17, 15) is 14.7 Å². The van der Waals surface area contributed by atoms with Gasteiger partial charge in [0.15, 0.2) is 0 Å². The highest BCUT2D eigenvalue weighted by Gasteiger charge is 2.45. The SMILES string of the molecule is CC(C)C1CCN(C(=O)N2CCCCC2(C)C(=O)O)CC1. The van der Waals surface area contributed by atoms with Gasteiger partial charge in [-0.3, -0.25) is 0 Å². The van der Waals surface area contributed by atoms with Crippen LogP contribution >= 0.6 is 0 Å². The summed E-state index contributed by atoms with van der Waals surface area (Å²) in [4.78, 5) is 27.8. The van der Waals surface area contributed by atoms with Crippen molar-refractivity contribution in [1.29, 1.82) is 0 Å². The lowest BCUT2D eigenvalue weighted by molar-refractivity contribution is -0.150. The molecule has 1 unspecified atom stereocenters. The fourth-order valence-corrected chi connectivity index (χ4v) is 3.58. The third-order valence-corrected chi connectivity index (χ3v) is 5.34. The van der Waals surface area contributed by atoms with E-state index in [-0.39, 0.29) is 6.03 Å². The van der Waals surface area contributed by atoms with Crippen LogP contribution in [-0.4, -0.2) is 52.1 Å². The van der Waals surface area contributed by atoms with Crippen molar-refractivity contribution < 1.29 is 14.7 Å². The van der Waals surface area contributed by atoms with E-state index in [0.717, 1.165) is 38.8 Å². The maximum Gasteiger partial charge on any atom is 0.329 e. The summed E-state index contributed by atoms with van der Waals surface area (Å²) in [6, 6.07) is -0.0817. The van der Waals surface area contributed by atoms with E-state index >= 15 is 0 Å². The van der Waals surface area contributed by atoms with Crippen LogP contribution in [0.25, 0.3) is 0 Å². The lowest BCUT2D eigenvalue weighted by Crippen LogP contribution is -2.61. The number of carbonyl (C=O) groups is 2. The van der Waals surface area contributed by atoms with Gasteiger partial charge in [-0.1, -0.05) is 13.8 Å². The van der Waals surface area contributed by atoms with Gasteiger partial charge < -0.3 is 14.9 Å². The van der Waals surface area contributed by atoms with E-state index in [1.165, 1.54) is 0 Å². The lowest BCUT2D eigenvalue weighted by atomic mass is 9.86. The molecule has 0 saturated carbocycles. The molecule has 0 aromatic heterocycles. The molecule has 2 amide bonds. The van der Waals surface area contributed by atoms with E-state index in [1.807, 2.05) is 4.90 Å². The van der Waals surface area contributed by atoms with E-state index in [2.05, 4.69) is 13.8 Å². The molecule has 5 heteroatoms.